The maximum atomic E-state index is 12.6. The predicted molar refractivity (Wildman–Crippen MR) is 117 cm³/mol. The molecule has 8 heteroatoms. The minimum absolute atomic E-state index is 0.204. The Morgan fingerprint density at radius 2 is 2.00 bits per heavy atom. The van der Waals surface area contributed by atoms with Crippen LogP contribution in [0.25, 0.3) is 11.8 Å². The number of halogens is 1. The van der Waals surface area contributed by atoms with Crippen LogP contribution in [-0.4, -0.2) is 39.7 Å². The van der Waals surface area contributed by atoms with Gasteiger partial charge in [0, 0.05) is 20.6 Å². The van der Waals surface area contributed by atoms with Gasteiger partial charge in [0.15, 0.2) is 0 Å². The molecule has 2 heterocycles. The molecule has 3 rings (SSSR count). The van der Waals surface area contributed by atoms with E-state index in [0.29, 0.717) is 4.91 Å². The normalized spacial score (nSPS) is 15.6. The third-order valence-electron chi connectivity index (χ3n) is 4.29. The Hall–Kier alpha value is -2.07. The predicted octanol–water partition coefficient (Wildman–Crippen LogP) is 4.30. The molecule has 1 saturated heterocycles. The van der Waals surface area contributed by atoms with Gasteiger partial charge in [0.1, 0.15) is 6.54 Å². The van der Waals surface area contributed by atoms with Crippen molar-refractivity contribution in [3.63, 3.8) is 0 Å². The van der Waals surface area contributed by atoms with Crippen LogP contribution in [-0.2, 0) is 14.3 Å². The Bertz CT molecular complexity index is 996. The van der Waals surface area contributed by atoms with Gasteiger partial charge >= 0.3 is 5.97 Å². The molecule has 0 aliphatic carbocycles. The van der Waals surface area contributed by atoms with Crippen molar-refractivity contribution in [2.75, 3.05) is 13.2 Å². The number of esters is 1. The van der Waals surface area contributed by atoms with Crippen molar-refractivity contribution in [1.29, 1.82) is 0 Å². The van der Waals surface area contributed by atoms with E-state index in [2.05, 4.69) is 33.2 Å². The topological polar surface area (TPSA) is 68.6 Å². The van der Waals surface area contributed by atoms with Gasteiger partial charge in [-0.1, -0.05) is 6.07 Å². The lowest BCUT2D eigenvalue weighted by atomic mass is 10.2. The van der Waals surface area contributed by atoms with Crippen LogP contribution >= 0.6 is 34.4 Å². The monoisotopic (exact) mass is 510 g/mol. The molecule has 0 bridgehead atoms. The highest BCUT2D eigenvalue weighted by molar-refractivity contribution is 14.1. The lowest BCUT2D eigenvalue weighted by molar-refractivity contribution is -0.145. The zero-order valence-electron chi connectivity index (χ0n) is 15.7. The van der Waals surface area contributed by atoms with Crippen molar-refractivity contribution in [1.82, 2.24) is 9.47 Å². The molecule has 1 aliphatic rings. The van der Waals surface area contributed by atoms with Crippen LogP contribution < -0.4 is 0 Å². The molecule has 2 aromatic rings. The number of hydrogen-bond donors (Lipinski definition) is 0. The number of hydrogen-bond acceptors (Lipinski definition) is 5. The van der Waals surface area contributed by atoms with Crippen LogP contribution in [0.15, 0.2) is 35.2 Å². The van der Waals surface area contributed by atoms with Crippen LogP contribution in [0.1, 0.15) is 23.9 Å². The summed E-state index contributed by atoms with van der Waals surface area (Å²) in [5.41, 5.74) is 3.89. The standard InChI is InChI=1S/C20H19IN2O4S/c1-4-27-18(24)11-22-19(25)17(28-20(22)26)9-14-8-12(2)23(13(14)3)16-7-5-6-15(21)10-16/h5-10H,4,11H2,1-3H3/b17-9+. The number of rotatable bonds is 5. The molecule has 0 saturated carbocycles. The van der Waals surface area contributed by atoms with E-state index in [0.717, 1.165) is 42.9 Å². The third-order valence-corrected chi connectivity index (χ3v) is 5.87. The number of thioether (sulfide) groups is 1. The maximum Gasteiger partial charge on any atom is 0.326 e. The number of aryl methyl sites for hydroxylation is 1. The summed E-state index contributed by atoms with van der Waals surface area (Å²) in [4.78, 5) is 37.6. The third kappa shape index (κ3) is 4.17. The van der Waals surface area contributed by atoms with Crippen LogP contribution in [0.2, 0.25) is 0 Å². The summed E-state index contributed by atoms with van der Waals surface area (Å²) >= 11 is 3.11. The van der Waals surface area contributed by atoms with Gasteiger partial charge in [0.05, 0.1) is 11.5 Å². The summed E-state index contributed by atoms with van der Waals surface area (Å²) in [6, 6.07) is 10.1. The number of ether oxygens (including phenoxy) is 1. The maximum absolute atomic E-state index is 12.6. The first-order chi connectivity index (χ1) is 13.3. The summed E-state index contributed by atoms with van der Waals surface area (Å²) < 4.78 is 8.07. The lowest BCUT2D eigenvalue weighted by Gasteiger charge is -2.11. The van der Waals surface area contributed by atoms with E-state index in [1.807, 2.05) is 38.1 Å². The van der Waals surface area contributed by atoms with E-state index in [9.17, 15) is 14.4 Å². The van der Waals surface area contributed by atoms with Crippen molar-refractivity contribution >= 4 is 57.5 Å². The van der Waals surface area contributed by atoms with Gasteiger partial charge in [-0.05, 0) is 91.0 Å². The van der Waals surface area contributed by atoms with Gasteiger partial charge in [0.2, 0.25) is 0 Å². The number of imide groups is 1. The molecule has 0 spiro atoms. The molecule has 0 unspecified atom stereocenters. The van der Waals surface area contributed by atoms with Gasteiger partial charge < -0.3 is 9.30 Å². The smallest absolute Gasteiger partial charge is 0.326 e. The molecule has 1 aromatic carbocycles. The first-order valence-electron chi connectivity index (χ1n) is 8.67. The Balaban J connectivity index is 1.90. The van der Waals surface area contributed by atoms with E-state index in [1.165, 1.54) is 0 Å². The van der Waals surface area contributed by atoms with Crippen LogP contribution in [0.5, 0.6) is 0 Å². The van der Waals surface area contributed by atoms with Crippen molar-refractivity contribution < 1.29 is 19.1 Å². The second-order valence-electron chi connectivity index (χ2n) is 6.21. The molecule has 1 aromatic heterocycles. The van der Waals surface area contributed by atoms with E-state index in [4.69, 9.17) is 4.74 Å². The molecule has 1 fully saturated rings. The summed E-state index contributed by atoms with van der Waals surface area (Å²) in [6.07, 6.45) is 1.71. The molecule has 0 atom stereocenters. The molecule has 146 valence electrons. The highest BCUT2D eigenvalue weighted by Crippen LogP contribution is 2.33. The summed E-state index contributed by atoms with van der Waals surface area (Å²) in [5, 5.41) is -0.462. The molecular formula is C20H19IN2O4S. The number of nitrogens with zero attached hydrogens (tertiary/aromatic N) is 2. The van der Waals surface area contributed by atoms with E-state index >= 15 is 0 Å². The van der Waals surface area contributed by atoms with Gasteiger partial charge in [0.25, 0.3) is 11.1 Å². The van der Waals surface area contributed by atoms with Crippen molar-refractivity contribution in [3.05, 3.63) is 55.8 Å². The fraction of sp³-hybridized carbons (Fsp3) is 0.250. The van der Waals surface area contributed by atoms with Crippen LogP contribution in [0.4, 0.5) is 4.79 Å². The Kier molecular flexibility index (Phi) is 6.29. The number of carbonyl (C=O) groups is 3. The fourth-order valence-electron chi connectivity index (χ4n) is 3.06. The molecule has 1 aliphatic heterocycles. The van der Waals surface area contributed by atoms with Crippen molar-refractivity contribution in [3.8, 4) is 5.69 Å². The van der Waals surface area contributed by atoms with E-state index in [-0.39, 0.29) is 13.2 Å². The van der Waals surface area contributed by atoms with E-state index < -0.39 is 17.1 Å². The van der Waals surface area contributed by atoms with Gasteiger partial charge in [-0.3, -0.25) is 19.3 Å². The molecule has 28 heavy (non-hydrogen) atoms. The van der Waals surface area contributed by atoms with Gasteiger partial charge in [-0.25, -0.2) is 0 Å². The quantitative estimate of drug-likeness (QED) is 0.341. The minimum atomic E-state index is -0.595. The zero-order chi connectivity index (χ0) is 20.4. The van der Waals surface area contributed by atoms with Crippen molar-refractivity contribution in [2.24, 2.45) is 0 Å². The average molecular weight is 510 g/mol. The number of benzene rings is 1. The molecule has 0 radical (unpaired) electrons. The zero-order valence-corrected chi connectivity index (χ0v) is 18.7. The molecular weight excluding hydrogens is 491 g/mol. The largest absolute Gasteiger partial charge is 0.465 e. The summed E-state index contributed by atoms with van der Waals surface area (Å²) in [5.74, 6) is -1.06. The van der Waals surface area contributed by atoms with Crippen LogP contribution in [0.3, 0.4) is 0 Å². The van der Waals surface area contributed by atoms with Crippen molar-refractivity contribution in [2.45, 2.75) is 20.8 Å². The first kappa shape index (κ1) is 20.7. The van der Waals surface area contributed by atoms with Gasteiger partial charge in [-0.15, -0.1) is 0 Å². The Morgan fingerprint density at radius 3 is 2.68 bits per heavy atom. The van der Waals surface area contributed by atoms with Gasteiger partial charge in [-0.2, -0.15) is 0 Å². The SMILES string of the molecule is CCOC(=O)CN1C(=O)S/C(=C/c2cc(C)n(-c3cccc(I)c3)c2C)C1=O. The lowest BCUT2D eigenvalue weighted by Crippen LogP contribution is -2.34. The highest BCUT2D eigenvalue weighted by Gasteiger charge is 2.36. The van der Waals surface area contributed by atoms with E-state index in [1.54, 1.807) is 13.0 Å². The molecule has 0 N–H and O–H groups in total. The summed E-state index contributed by atoms with van der Waals surface area (Å²) in [6.45, 7) is 5.49. The Labute approximate surface area is 181 Å². The summed E-state index contributed by atoms with van der Waals surface area (Å²) in [7, 11) is 0. The average Bonchev–Trinajstić information content (AvgIpc) is 3.05. The highest BCUT2D eigenvalue weighted by atomic mass is 127. The second kappa shape index (κ2) is 8.52. The van der Waals surface area contributed by atoms with Crippen LogP contribution in [0, 0.1) is 17.4 Å². The molecule has 6 nitrogen and oxygen atoms in total. The number of aromatic nitrogens is 1. The number of amides is 2. The fourth-order valence-corrected chi connectivity index (χ4v) is 4.42. The first-order valence-corrected chi connectivity index (χ1v) is 10.6. The minimum Gasteiger partial charge on any atom is -0.465 e. The second-order valence-corrected chi connectivity index (χ2v) is 8.45. The number of carbonyl (C=O) groups excluding carboxylic acids is 3. The Morgan fingerprint density at radius 1 is 1.25 bits per heavy atom. The molecule has 2 amide bonds.